The first-order valence-electron chi connectivity index (χ1n) is 9.39. The fourth-order valence-corrected chi connectivity index (χ4v) is 3.45. The van der Waals surface area contributed by atoms with Crippen LogP contribution >= 0.6 is 0 Å². The SMILES string of the molecule is CC(=O)OCCN=C(C)/C=C/C=C(\C)CCC1=C(C)CCCC1(C)C. The van der Waals surface area contributed by atoms with Gasteiger partial charge in [-0.2, -0.15) is 0 Å². The summed E-state index contributed by atoms with van der Waals surface area (Å²) >= 11 is 0. The van der Waals surface area contributed by atoms with Crippen molar-refractivity contribution in [2.45, 2.75) is 73.6 Å². The van der Waals surface area contributed by atoms with Crippen LogP contribution in [0.2, 0.25) is 0 Å². The molecule has 140 valence electrons. The minimum atomic E-state index is -0.256. The molecule has 0 unspecified atom stereocenters. The van der Waals surface area contributed by atoms with E-state index in [0.717, 1.165) is 12.1 Å². The van der Waals surface area contributed by atoms with E-state index >= 15 is 0 Å². The van der Waals surface area contributed by atoms with Crippen LogP contribution in [0.5, 0.6) is 0 Å². The summed E-state index contributed by atoms with van der Waals surface area (Å²) in [7, 11) is 0. The Labute approximate surface area is 153 Å². The van der Waals surface area contributed by atoms with E-state index < -0.39 is 0 Å². The van der Waals surface area contributed by atoms with Gasteiger partial charge in [-0.1, -0.05) is 42.7 Å². The standard InChI is InChI=1S/C22H35NO2/c1-17(9-7-11-19(3)23-15-16-25-20(4)24)12-13-21-18(2)10-8-14-22(21,5)6/h7,9,11H,8,10,12-16H2,1-6H3/b11-7+,17-9+,23-19?. The number of rotatable bonds is 8. The largest absolute Gasteiger partial charge is 0.464 e. The van der Waals surface area contributed by atoms with Crippen LogP contribution in [0.4, 0.5) is 0 Å². The lowest BCUT2D eigenvalue weighted by molar-refractivity contribution is -0.140. The molecule has 1 aliphatic carbocycles. The summed E-state index contributed by atoms with van der Waals surface area (Å²) in [6.07, 6.45) is 12.4. The second-order valence-electron chi connectivity index (χ2n) is 7.73. The van der Waals surface area contributed by atoms with Crippen molar-refractivity contribution >= 4 is 11.7 Å². The lowest BCUT2D eigenvalue weighted by Gasteiger charge is -2.34. The highest BCUT2D eigenvalue weighted by atomic mass is 16.5. The summed E-state index contributed by atoms with van der Waals surface area (Å²) in [6, 6.07) is 0. The van der Waals surface area contributed by atoms with Gasteiger partial charge in [0.2, 0.25) is 0 Å². The van der Waals surface area contributed by atoms with Crippen molar-refractivity contribution in [3.63, 3.8) is 0 Å². The van der Waals surface area contributed by atoms with Gasteiger partial charge >= 0.3 is 5.97 Å². The van der Waals surface area contributed by atoms with Crippen LogP contribution in [0.3, 0.4) is 0 Å². The van der Waals surface area contributed by atoms with E-state index in [4.69, 9.17) is 4.74 Å². The molecule has 3 nitrogen and oxygen atoms in total. The Morgan fingerprint density at radius 3 is 2.64 bits per heavy atom. The number of carbonyl (C=O) groups is 1. The number of esters is 1. The normalized spacial score (nSPS) is 18.8. The first-order chi connectivity index (χ1) is 11.7. The molecule has 0 atom stereocenters. The van der Waals surface area contributed by atoms with Gasteiger partial charge in [0.25, 0.3) is 0 Å². The highest BCUT2D eigenvalue weighted by molar-refractivity contribution is 5.92. The molecule has 0 aromatic rings. The summed E-state index contributed by atoms with van der Waals surface area (Å²) in [5.74, 6) is -0.256. The number of allylic oxidation sites excluding steroid dienone is 6. The van der Waals surface area contributed by atoms with E-state index in [1.54, 1.807) is 11.1 Å². The second kappa shape index (κ2) is 10.4. The predicted molar refractivity (Wildman–Crippen MR) is 107 cm³/mol. The van der Waals surface area contributed by atoms with Crippen LogP contribution in [0.1, 0.15) is 73.6 Å². The van der Waals surface area contributed by atoms with Gasteiger partial charge in [-0.05, 0) is 64.4 Å². The second-order valence-corrected chi connectivity index (χ2v) is 7.73. The van der Waals surface area contributed by atoms with Crippen LogP contribution in [0.25, 0.3) is 0 Å². The Bertz CT molecular complexity index is 577. The average molecular weight is 346 g/mol. The van der Waals surface area contributed by atoms with Crippen molar-refractivity contribution in [3.05, 3.63) is 34.9 Å². The Morgan fingerprint density at radius 1 is 1.28 bits per heavy atom. The topological polar surface area (TPSA) is 38.7 Å². The molecule has 0 saturated carbocycles. The van der Waals surface area contributed by atoms with Crippen LogP contribution < -0.4 is 0 Å². The molecule has 0 radical (unpaired) electrons. The van der Waals surface area contributed by atoms with Crippen LogP contribution in [-0.4, -0.2) is 24.8 Å². The molecule has 0 heterocycles. The van der Waals surface area contributed by atoms with Crippen molar-refractivity contribution in [2.24, 2.45) is 10.4 Å². The summed E-state index contributed by atoms with van der Waals surface area (Å²) in [5.41, 5.74) is 5.98. The molecule has 0 fully saturated rings. The maximum atomic E-state index is 10.7. The molecule has 0 aromatic heterocycles. The van der Waals surface area contributed by atoms with E-state index in [1.165, 1.54) is 38.2 Å². The van der Waals surface area contributed by atoms with Crippen molar-refractivity contribution < 1.29 is 9.53 Å². The van der Waals surface area contributed by atoms with Crippen LogP contribution in [-0.2, 0) is 9.53 Å². The molecular weight excluding hydrogens is 310 g/mol. The van der Waals surface area contributed by atoms with Crippen molar-refractivity contribution in [1.82, 2.24) is 0 Å². The summed E-state index contributed by atoms with van der Waals surface area (Å²) in [5, 5.41) is 0. The van der Waals surface area contributed by atoms with E-state index in [9.17, 15) is 4.79 Å². The van der Waals surface area contributed by atoms with Crippen molar-refractivity contribution in [1.29, 1.82) is 0 Å². The van der Waals surface area contributed by atoms with Gasteiger partial charge in [0.15, 0.2) is 0 Å². The maximum Gasteiger partial charge on any atom is 0.302 e. The minimum absolute atomic E-state index is 0.256. The molecule has 1 aliphatic rings. The Morgan fingerprint density at radius 2 is 2.00 bits per heavy atom. The molecule has 3 heteroatoms. The van der Waals surface area contributed by atoms with Gasteiger partial charge in [-0.3, -0.25) is 9.79 Å². The maximum absolute atomic E-state index is 10.7. The smallest absolute Gasteiger partial charge is 0.302 e. The van der Waals surface area contributed by atoms with Crippen molar-refractivity contribution in [2.75, 3.05) is 13.2 Å². The van der Waals surface area contributed by atoms with Gasteiger partial charge in [0, 0.05) is 12.6 Å². The highest BCUT2D eigenvalue weighted by Gasteiger charge is 2.27. The van der Waals surface area contributed by atoms with Gasteiger partial charge in [0.05, 0.1) is 6.54 Å². The number of aliphatic imine (C=N–C) groups is 1. The fraction of sp³-hybridized carbons (Fsp3) is 0.636. The fourth-order valence-electron chi connectivity index (χ4n) is 3.45. The third-order valence-corrected chi connectivity index (χ3v) is 4.93. The number of nitrogens with zero attached hydrogens (tertiary/aromatic N) is 1. The molecule has 0 spiro atoms. The molecule has 25 heavy (non-hydrogen) atoms. The monoisotopic (exact) mass is 345 g/mol. The van der Waals surface area contributed by atoms with Crippen molar-refractivity contribution in [3.8, 4) is 0 Å². The lowest BCUT2D eigenvalue weighted by Crippen LogP contribution is -2.20. The molecule has 0 saturated heterocycles. The number of ether oxygens (including phenoxy) is 1. The van der Waals surface area contributed by atoms with Gasteiger partial charge < -0.3 is 4.74 Å². The van der Waals surface area contributed by atoms with E-state index in [0.29, 0.717) is 18.6 Å². The van der Waals surface area contributed by atoms with Crippen LogP contribution in [0.15, 0.2) is 39.9 Å². The summed E-state index contributed by atoms with van der Waals surface area (Å²) < 4.78 is 4.86. The van der Waals surface area contributed by atoms with Crippen LogP contribution in [0, 0.1) is 5.41 Å². The number of carbonyl (C=O) groups excluding carboxylic acids is 1. The van der Waals surface area contributed by atoms with E-state index in [-0.39, 0.29) is 5.97 Å². The average Bonchev–Trinajstić information content (AvgIpc) is 2.50. The summed E-state index contributed by atoms with van der Waals surface area (Å²) in [6.45, 7) is 13.5. The minimum Gasteiger partial charge on any atom is -0.464 e. The molecule has 0 N–H and O–H groups in total. The Balaban J connectivity index is 2.47. The molecular formula is C22H35NO2. The third kappa shape index (κ3) is 8.33. The Kier molecular flexibility index (Phi) is 8.88. The number of hydrogen-bond acceptors (Lipinski definition) is 3. The zero-order valence-corrected chi connectivity index (χ0v) is 16.9. The molecule has 0 bridgehead atoms. The van der Waals surface area contributed by atoms with E-state index in [1.807, 2.05) is 13.0 Å². The summed E-state index contributed by atoms with van der Waals surface area (Å²) in [4.78, 5) is 15.0. The third-order valence-electron chi connectivity index (χ3n) is 4.93. The molecule has 0 amide bonds. The predicted octanol–water partition coefficient (Wildman–Crippen LogP) is 5.82. The van der Waals surface area contributed by atoms with E-state index in [2.05, 4.69) is 44.8 Å². The Hall–Kier alpha value is -1.64. The molecule has 1 rings (SSSR count). The zero-order valence-electron chi connectivity index (χ0n) is 16.9. The first-order valence-corrected chi connectivity index (χ1v) is 9.39. The molecule has 0 aromatic carbocycles. The van der Waals surface area contributed by atoms with Gasteiger partial charge in [-0.25, -0.2) is 0 Å². The first kappa shape index (κ1) is 21.4. The van der Waals surface area contributed by atoms with Gasteiger partial charge in [0.1, 0.15) is 6.61 Å². The molecule has 0 aliphatic heterocycles. The lowest BCUT2D eigenvalue weighted by atomic mass is 9.71. The van der Waals surface area contributed by atoms with Gasteiger partial charge in [-0.15, -0.1) is 0 Å². The highest BCUT2D eigenvalue weighted by Crippen LogP contribution is 2.42. The quantitative estimate of drug-likeness (QED) is 0.183. The number of hydrogen-bond donors (Lipinski definition) is 0. The zero-order chi connectivity index (χ0) is 18.9.